The van der Waals surface area contributed by atoms with Gasteiger partial charge in [0.25, 0.3) is 0 Å². The van der Waals surface area contributed by atoms with Gasteiger partial charge >= 0.3 is 12.1 Å². The van der Waals surface area contributed by atoms with E-state index in [0.717, 1.165) is 44.5 Å². The number of benzene rings is 6. The number of carbonyl (C=O) groups excluding carboxylic acids is 2. The number of rotatable bonds is 18. The Morgan fingerprint density at radius 2 is 1.21 bits per heavy atom. The highest BCUT2D eigenvalue weighted by molar-refractivity contribution is 5.86. The Morgan fingerprint density at radius 3 is 1.73 bits per heavy atom. The van der Waals surface area contributed by atoms with Crippen molar-refractivity contribution < 1.29 is 29.0 Å². The molecule has 0 spiro atoms. The Morgan fingerprint density at radius 1 is 0.687 bits per heavy atom. The number of hydrogen-bond acceptors (Lipinski definition) is 7. The first-order valence-electron chi connectivity index (χ1n) is 22.7. The van der Waals surface area contributed by atoms with Crippen molar-refractivity contribution in [1.29, 1.82) is 0 Å². The zero-order valence-corrected chi connectivity index (χ0v) is 38.3. The second-order valence-electron chi connectivity index (χ2n) is 18.1. The molecule has 1 aromatic heterocycles. The van der Waals surface area contributed by atoms with Gasteiger partial charge in [0.05, 0.1) is 12.0 Å². The molecule has 1 aliphatic rings. The molecular formula is C56H57N5O6. The van der Waals surface area contributed by atoms with Gasteiger partial charge in [-0.1, -0.05) is 152 Å². The number of carboxylic acid groups (broad SMARTS) is 1. The highest BCUT2D eigenvalue weighted by atomic mass is 16.5. The van der Waals surface area contributed by atoms with E-state index in [0.29, 0.717) is 11.4 Å². The van der Waals surface area contributed by atoms with E-state index in [4.69, 9.17) is 14.5 Å². The molecule has 6 aromatic carbocycles. The first kappa shape index (κ1) is 46.0. The zero-order valence-electron chi connectivity index (χ0n) is 38.3. The zero-order chi connectivity index (χ0) is 47.0. The molecule has 0 unspecified atom stereocenters. The smallest absolute Gasteiger partial charge is 0.407 e. The average molecular weight is 896 g/mol. The van der Waals surface area contributed by atoms with E-state index >= 15 is 0 Å². The summed E-state index contributed by atoms with van der Waals surface area (Å²) in [7, 11) is 0. The summed E-state index contributed by atoms with van der Waals surface area (Å²) in [6.07, 6.45) is 3.20. The van der Waals surface area contributed by atoms with Crippen LogP contribution in [0.5, 0.6) is 5.75 Å². The summed E-state index contributed by atoms with van der Waals surface area (Å²) in [6.45, 7) is 7.86. The molecule has 0 bridgehead atoms. The largest absolute Gasteiger partial charge is 0.488 e. The summed E-state index contributed by atoms with van der Waals surface area (Å²) in [5.41, 5.74) is 7.56. The molecule has 0 fully saturated rings. The molecular weight excluding hydrogens is 839 g/mol. The van der Waals surface area contributed by atoms with E-state index in [1.54, 1.807) is 6.33 Å². The number of aromatic nitrogens is 2. The quantitative estimate of drug-likeness (QED) is 0.0625. The topological polar surface area (TPSA) is 144 Å². The Labute approximate surface area is 392 Å². The van der Waals surface area contributed by atoms with Crippen LogP contribution in [0.15, 0.2) is 176 Å². The summed E-state index contributed by atoms with van der Waals surface area (Å²) >= 11 is 0. The predicted molar refractivity (Wildman–Crippen MR) is 260 cm³/mol. The minimum atomic E-state index is -1.10. The van der Waals surface area contributed by atoms with Crippen LogP contribution in [-0.4, -0.2) is 69.5 Å². The molecule has 7 aromatic rings. The second kappa shape index (κ2) is 20.3. The normalized spacial score (nSPS) is 13.7. The van der Waals surface area contributed by atoms with Gasteiger partial charge in [0.1, 0.15) is 35.6 Å². The number of amides is 2. The van der Waals surface area contributed by atoms with Crippen LogP contribution in [0.3, 0.4) is 0 Å². The molecule has 11 heteroatoms. The molecule has 4 N–H and O–H groups in total. The van der Waals surface area contributed by atoms with Crippen molar-refractivity contribution in [1.82, 2.24) is 25.5 Å². The lowest BCUT2D eigenvalue weighted by atomic mass is 9.77. The van der Waals surface area contributed by atoms with Gasteiger partial charge in [-0.15, -0.1) is 0 Å². The fourth-order valence-corrected chi connectivity index (χ4v) is 9.12. The number of hydrogen-bond donors (Lipinski definition) is 4. The maximum Gasteiger partial charge on any atom is 0.407 e. The summed E-state index contributed by atoms with van der Waals surface area (Å²) in [5.74, 6) is -0.968. The van der Waals surface area contributed by atoms with Crippen LogP contribution in [0.2, 0.25) is 0 Å². The van der Waals surface area contributed by atoms with Crippen LogP contribution in [0.4, 0.5) is 4.79 Å². The summed E-state index contributed by atoms with van der Waals surface area (Å²) < 4.78 is 13.9. The van der Waals surface area contributed by atoms with Gasteiger partial charge in [0.15, 0.2) is 0 Å². The fraction of sp³-hybridized carbons (Fsp3) is 0.250. The Bertz CT molecular complexity index is 2630. The molecule has 342 valence electrons. The van der Waals surface area contributed by atoms with Crippen LogP contribution in [0.25, 0.3) is 11.1 Å². The summed E-state index contributed by atoms with van der Waals surface area (Å²) in [6, 6.07) is 51.7. The first-order valence-corrected chi connectivity index (χ1v) is 22.7. The number of alkyl carbamates (subject to hydrolysis) is 1. The highest BCUT2D eigenvalue weighted by Gasteiger charge is 2.39. The van der Waals surface area contributed by atoms with E-state index in [-0.39, 0.29) is 37.5 Å². The number of carboxylic acids is 1. The average Bonchev–Trinajstić information content (AvgIpc) is 3.93. The van der Waals surface area contributed by atoms with Gasteiger partial charge in [-0.05, 0) is 90.8 Å². The van der Waals surface area contributed by atoms with Crippen molar-refractivity contribution in [3.63, 3.8) is 0 Å². The molecule has 0 saturated carbocycles. The van der Waals surface area contributed by atoms with E-state index in [1.807, 2.05) is 137 Å². The molecule has 1 aliphatic carbocycles. The maximum atomic E-state index is 14.3. The molecule has 0 aliphatic heterocycles. The van der Waals surface area contributed by atoms with Crippen molar-refractivity contribution in [2.45, 2.75) is 75.7 Å². The van der Waals surface area contributed by atoms with Gasteiger partial charge < -0.3 is 29.8 Å². The molecule has 8 rings (SSSR count). The first-order chi connectivity index (χ1) is 32.4. The second-order valence-corrected chi connectivity index (χ2v) is 18.1. The third-order valence-electron chi connectivity index (χ3n) is 12.1. The van der Waals surface area contributed by atoms with Crippen LogP contribution in [0, 0.1) is 0 Å². The summed E-state index contributed by atoms with van der Waals surface area (Å²) in [5, 5.41) is 19.2. The van der Waals surface area contributed by atoms with Crippen molar-refractivity contribution in [3.05, 3.63) is 215 Å². The van der Waals surface area contributed by atoms with E-state index in [2.05, 4.69) is 81.2 Å². The van der Waals surface area contributed by atoms with Gasteiger partial charge in [-0.3, -0.25) is 14.9 Å². The van der Waals surface area contributed by atoms with Crippen molar-refractivity contribution in [2.24, 2.45) is 0 Å². The van der Waals surface area contributed by atoms with Crippen molar-refractivity contribution in [3.8, 4) is 16.9 Å². The Kier molecular flexibility index (Phi) is 14.0. The van der Waals surface area contributed by atoms with E-state index in [9.17, 15) is 19.5 Å². The minimum Gasteiger partial charge on any atom is -0.488 e. The molecule has 2 amide bonds. The lowest BCUT2D eigenvalue weighted by Gasteiger charge is -2.37. The number of nitrogens with zero attached hydrogens (tertiary/aromatic N) is 2. The maximum absolute atomic E-state index is 14.3. The summed E-state index contributed by atoms with van der Waals surface area (Å²) in [4.78, 5) is 45.5. The third kappa shape index (κ3) is 10.6. The van der Waals surface area contributed by atoms with Crippen molar-refractivity contribution in [2.75, 3.05) is 13.2 Å². The van der Waals surface area contributed by atoms with Gasteiger partial charge in [-0.2, -0.15) is 0 Å². The van der Waals surface area contributed by atoms with Crippen LogP contribution in [-0.2, 0) is 32.7 Å². The van der Waals surface area contributed by atoms with Gasteiger partial charge in [0.2, 0.25) is 5.91 Å². The van der Waals surface area contributed by atoms with Crippen LogP contribution >= 0.6 is 0 Å². The monoisotopic (exact) mass is 895 g/mol. The number of aliphatic carboxylic acids is 1. The SMILES string of the molecule is C[C@@H](CNC(=O)[C@H](Cc1cn(C(c2ccccc2)(c2ccccc2)c2ccccc2)cn1)NC(=O)OCC1c2ccccc2-c2ccccc21)N[C@@H](Cc1ccc(OC(C)(C)C)cc1)C(=O)O. The number of nitrogens with one attached hydrogen (secondary N) is 3. The molecule has 1 heterocycles. The molecule has 0 saturated heterocycles. The number of ether oxygens (including phenoxy) is 2. The third-order valence-corrected chi connectivity index (χ3v) is 12.1. The highest BCUT2D eigenvalue weighted by Crippen LogP contribution is 2.45. The fourth-order valence-electron chi connectivity index (χ4n) is 9.12. The van der Waals surface area contributed by atoms with Gasteiger partial charge in [0, 0.05) is 31.1 Å². The van der Waals surface area contributed by atoms with Gasteiger partial charge in [-0.25, -0.2) is 9.78 Å². The lowest BCUT2D eigenvalue weighted by Crippen LogP contribution is -2.52. The number of fused-ring (bicyclic) bond motifs is 3. The van der Waals surface area contributed by atoms with E-state index < -0.39 is 41.6 Å². The van der Waals surface area contributed by atoms with Crippen molar-refractivity contribution >= 4 is 18.0 Å². The molecule has 3 atom stereocenters. The number of carbonyl (C=O) groups is 3. The Balaban J connectivity index is 1.03. The number of imidazole rings is 1. The molecule has 0 radical (unpaired) electrons. The molecule has 11 nitrogen and oxygen atoms in total. The Hall–Kier alpha value is -7.50. The standard InChI is InChI=1S/C56H57N5O6/c1-38(59-51(53(63)64)32-39-28-30-44(31-29-39)67-55(2,3)4)34-57-52(62)50(60-54(65)66-36-49-47-26-16-14-24-45(47)46-25-15-17-27-48(46)49)33-43-35-61(37-58-43)56(40-18-8-5-9-19-40,41-20-10-6-11-21-41)42-22-12-7-13-23-42/h5-31,35,37-38,49-51,59H,32-34,36H2,1-4H3,(H,57,62)(H,60,65)(H,63,64)/t38-,50-,51-/m0/s1. The van der Waals surface area contributed by atoms with Crippen LogP contribution in [0.1, 0.15) is 72.7 Å². The lowest BCUT2D eigenvalue weighted by molar-refractivity contribution is -0.139. The van der Waals surface area contributed by atoms with E-state index in [1.165, 1.54) is 0 Å². The predicted octanol–water partition coefficient (Wildman–Crippen LogP) is 9.14. The minimum absolute atomic E-state index is 0.0337. The molecule has 67 heavy (non-hydrogen) atoms. The van der Waals surface area contributed by atoms with Crippen LogP contribution < -0.4 is 20.7 Å².